The van der Waals surface area contributed by atoms with Crippen molar-refractivity contribution in [3.63, 3.8) is 0 Å². The second kappa shape index (κ2) is 10.8. The number of hydrogen-bond acceptors (Lipinski definition) is 5. The summed E-state index contributed by atoms with van der Waals surface area (Å²) in [5, 5.41) is 14.7. The van der Waals surface area contributed by atoms with Crippen molar-refractivity contribution in [2.45, 2.75) is 26.1 Å². The molecule has 0 aliphatic carbocycles. The van der Waals surface area contributed by atoms with Crippen LogP contribution in [-0.2, 0) is 9.59 Å². The van der Waals surface area contributed by atoms with Crippen LogP contribution in [0.5, 0.6) is 11.5 Å². The van der Waals surface area contributed by atoms with Crippen LogP contribution < -0.4 is 20.1 Å². The highest BCUT2D eigenvalue weighted by atomic mass is 16.5. The molecule has 2 atom stereocenters. The molecule has 0 saturated heterocycles. The van der Waals surface area contributed by atoms with E-state index in [2.05, 4.69) is 10.6 Å². The van der Waals surface area contributed by atoms with Crippen molar-refractivity contribution in [3.8, 4) is 11.5 Å². The highest BCUT2D eigenvalue weighted by Gasteiger charge is 2.19. The van der Waals surface area contributed by atoms with Gasteiger partial charge in [0.25, 0.3) is 11.8 Å². The number of carboxylic acid groups (broad SMARTS) is 1. The summed E-state index contributed by atoms with van der Waals surface area (Å²) in [6, 6.07) is 21.8. The second-order valence-corrected chi connectivity index (χ2v) is 7.23. The molecule has 0 heterocycles. The number of carboxylic acids is 1. The van der Waals surface area contributed by atoms with Crippen LogP contribution in [0.4, 0.5) is 11.4 Å². The number of carbonyl (C=O) groups excluding carboxylic acids is 2. The minimum atomic E-state index is -1.20. The van der Waals surface area contributed by atoms with E-state index in [0.29, 0.717) is 11.5 Å². The van der Waals surface area contributed by atoms with Gasteiger partial charge in [-0.25, -0.2) is 4.79 Å². The van der Waals surface area contributed by atoms with E-state index in [0.717, 1.165) is 0 Å². The summed E-state index contributed by atoms with van der Waals surface area (Å²) in [5.41, 5.74) is 0.307. The number of nitrogens with one attached hydrogen (secondary N) is 2. The molecule has 0 aliphatic heterocycles. The van der Waals surface area contributed by atoms with Crippen LogP contribution in [0.3, 0.4) is 0 Å². The van der Waals surface area contributed by atoms with E-state index in [9.17, 15) is 19.5 Å². The molecular formula is C25H24N2O6. The number of benzene rings is 3. The Labute approximate surface area is 191 Å². The molecule has 0 spiro atoms. The van der Waals surface area contributed by atoms with Crippen molar-refractivity contribution in [2.24, 2.45) is 0 Å². The summed E-state index contributed by atoms with van der Waals surface area (Å²) in [6.45, 7) is 3.16. The monoisotopic (exact) mass is 448 g/mol. The number of carbonyl (C=O) groups is 3. The Balaban J connectivity index is 1.70. The number of rotatable bonds is 9. The standard InChI is InChI=1S/C25H24N2O6/c1-16(32-21-9-5-3-6-10-21)23(28)26-19-13-18(25(30)31)14-20(15-19)27-24(29)17(2)33-22-11-7-4-8-12-22/h3-17H,1-2H3,(H,26,28)(H,27,29)(H,30,31). The van der Waals surface area contributed by atoms with Gasteiger partial charge in [0.05, 0.1) is 5.56 Å². The number of anilines is 2. The van der Waals surface area contributed by atoms with Crippen molar-refractivity contribution in [1.29, 1.82) is 0 Å². The number of aromatic carboxylic acids is 1. The van der Waals surface area contributed by atoms with Gasteiger partial charge >= 0.3 is 5.97 Å². The van der Waals surface area contributed by atoms with Gasteiger partial charge in [-0.05, 0) is 56.3 Å². The van der Waals surface area contributed by atoms with Crippen LogP contribution in [0.25, 0.3) is 0 Å². The topological polar surface area (TPSA) is 114 Å². The average Bonchev–Trinajstić information content (AvgIpc) is 2.80. The highest BCUT2D eigenvalue weighted by Crippen LogP contribution is 2.21. The Morgan fingerprint density at radius 3 is 1.45 bits per heavy atom. The van der Waals surface area contributed by atoms with Crippen molar-refractivity contribution in [3.05, 3.63) is 84.4 Å². The van der Waals surface area contributed by atoms with Crippen LogP contribution >= 0.6 is 0 Å². The average molecular weight is 448 g/mol. The lowest BCUT2D eigenvalue weighted by Crippen LogP contribution is -2.31. The van der Waals surface area contributed by atoms with Crippen molar-refractivity contribution in [2.75, 3.05) is 10.6 Å². The van der Waals surface area contributed by atoms with Crippen molar-refractivity contribution >= 4 is 29.2 Å². The maximum atomic E-state index is 12.6. The molecule has 0 saturated carbocycles. The molecule has 3 aromatic rings. The second-order valence-electron chi connectivity index (χ2n) is 7.23. The van der Waals surface area contributed by atoms with Gasteiger partial charge in [0.2, 0.25) is 0 Å². The molecule has 0 bridgehead atoms. The molecule has 8 nitrogen and oxygen atoms in total. The minimum absolute atomic E-state index is 0.101. The molecule has 33 heavy (non-hydrogen) atoms. The van der Waals surface area contributed by atoms with E-state index >= 15 is 0 Å². The predicted octanol–water partition coefficient (Wildman–Crippen LogP) is 4.20. The Kier molecular flexibility index (Phi) is 7.64. The van der Waals surface area contributed by atoms with E-state index in [-0.39, 0.29) is 16.9 Å². The molecule has 2 amide bonds. The van der Waals surface area contributed by atoms with Gasteiger partial charge in [-0.1, -0.05) is 36.4 Å². The summed E-state index contributed by atoms with van der Waals surface area (Å²) >= 11 is 0. The first kappa shape index (κ1) is 23.3. The highest BCUT2D eigenvalue weighted by molar-refractivity contribution is 6.00. The Morgan fingerprint density at radius 1 is 0.697 bits per heavy atom. The normalized spacial score (nSPS) is 12.2. The third kappa shape index (κ3) is 6.83. The first-order valence-electron chi connectivity index (χ1n) is 10.3. The van der Waals surface area contributed by atoms with Crippen molar-refractivity contribution in [1.82, 2.24) is 0 Å². The maximum absolute atomic E-state index is 12.6. The molecule has 170 valence electrons. The Morgan fingerprint density at radius 2 is 1.09 bits per heavy atom. The zero-order valence-corrected chi connectivity index (χ0v) is 18.1. The van der Waals surface area contributed by atoms with E-state index in [1.807, 2.05) is 12.1 Å². The fourth-order valence-corrected chi connectivity index (χ4v) is 2.90. The van der Waals surface area contributed by atoms with Crippen LogP contribution in [0.1, 0.15) is 24.2 Å². The summed E-state index contributed by atoms with van der Waals surface area (Å²) < 4.78 is 11.2. The Bertz CT molecular complexity index is 1040. The molecule has 0 radical (unpaired) electrons. The lowest BCUT2D eigenvalue weighted by atomic mass is 10.1. The first-order chi connectivity index (χ1) is 15.8. The molecule has 3 aromatic carbocycles. The van der Waals surface area contributed by atoms with Crippen LogP contribution in [0.15, 0.2) is 78.9 Å². The number of ether oxygens (including phenoxy) is 2. The SMILES string of the molecule is CC(Oc1ccccc1)C(=O)Nc1cc(NC(=O)C(C)Oc2ccccc2)cc(C(=O)O)c1. The van der Waals surface area contributed by atoms with Gasteiger partial charge in [-0.3, -0.25) is 9.59 Å². The summed E-state index contributed by atoms with van der Waals surface area (Å²) in [5.74, 6) is -1.10. The van der Waals surface area contributed by atoms with Gasteiger partial charge in [-0.15, -0.1) is 0 Å². The molecule has 8 heteroatoms. The summed E-state index contributed by atoms with van der Waals surface area (Å²) in [4.78, 5) is 36.7. The fourth-order valence-electron chi connectivity index (χ4n) is 2.90. The molecule has 2 unspecified atom stereocenters. The van der Waals surface area contributed by atoms with Crippen LogP contribution in [-0.4, -0.2) is 35.1 Å². The van der Waals surface area contributed by atoms with E-state index < -0.39 is 30.0 Å². The molecular weight excluding hydrogens is 424 g/mol. The summed E-state index contributed by atoms with van der Waals surface area (Å²) in [7, 11) is 0. The zero-order chi connectivity index (χ0) is 23.8. The lowest BCUT2D eigenvalue weighted by Gasteiger charge is -2.17. The van der Waals surface area contributed by atoms with E-state index in [1.54, 1.807) is 62.4 Å². The molecule has 3 rings (SSSR count). The number of hydrogen-bond donors (Lipinski definition) is 3. The van der Waals surface area contributed by atoms with Crippen LogP contribution in [0.2, 0.25) is 0 Å². The number of para-hydroxylation sites is 2. The predicted molar refractivity (Wildman–Crippen MR) is 124 cm³/mol. The third-order valence-corrected chi connectivity index (χ3v) is 4.57. The molecule has 3 N–H and O–H groups in total. The molecule has 0 aliphatic rings. The quantitative estimate of drug-likeness (QED) is 0.452. The largest absolute Gasteiger partial charge is 0.481 e. The van der Waals surface area contributed by atoms with Gasteiger partial charge < -0.3 is 25.2 Å². The van der Waals surface area contributed by atoms with Gasteiger partial charge in [0, 0.05) is 11.4 Å². The smallest absolute Gasteiger partial charge is 0.335 e. The van der Waals surface area contributed by atoms with Gasteiger partial charge in [0.15, 0.2) is 12.2 Å². The molecule has 0 fully saturated rings. The summed E-state index contributed by atoms with van der Waals surface area (Å²) in [6.07, 6.45) is -1.67. The number of amides is 2. The molecule has 0 aromatic heterocycles. The Hall–Kier alpha value is -4.33. The third-order valence-electron chi connectivity index (χ3n) is 4.57. The van der Waals surface area contributed by atoms with Crippen LogP contribution in [0, 0.1) is 0 Å². The minimum Gasteiger partial charge on any atom is -0.481 e. The van der Waals surface area contributed by atoms with E-state index in [1.165, 1.54) is 18.2 Å². The van der Waals surface area contributed by atoms with Gasteiger partial charge in [0.1, 0.15) is 11.5 Å². The maximum Gasteiger partial charge on any atom is 0.335 e. The van der Waals surface area contributed by atoms with Crippen molar-refractivity contribution < 1.29 is 29.0 Å². The zero-order valence-electron chi connectivity index (χ0n) is 18.1. The lowest BCUT2D eigenvalue weighted by molar-refractivity contribution is -0.122. The fraction of sp³-hybridized carbons (Fsp3) is 0.160. The van der Waals surface area contributed by atoms with E-state index in [4.69, 9.17) is 9.47 Å². The first-order valence-corrected chi connectivity index (χ1v) is 10.3. The van der Waals surface area contributed by atoms with Gasteiger partial charge in [-0.2, -0.15) is 0 Å².